The summed E-state index contributed by atoms with van der Waals surface area (Å²) in [6.07, 6.45) is 0.521. The van der Waals surface area contributed by atoms with Gasteiger partial charge in [0.05, 0.1) is 0 Å². The molecule has 0 fully saturated rings. The molecule has 2 aromatic carbocycles. The van der Waals surface area contributed by atoms with Crippen LogP contribution in [0.2, 0.25) is 0 Å². The van der Waals surface area contributed by atoms with Gasteiger partial charge in [0, 0.05) is 24.6 Å². The molecule has 2 amide bonds. The number of nitrogens with one attached hydrogen (secondary N) is 1. The van der Waals surface area contributed by atoms with Crippen LogP contribution in [0.1, 0.15) is 47.8 Å². The van der Waals surface area contributed by atoms with E-state index in [0.717, 1.165) is 16.7 Å². The van der Waals surface area contributed by atoms with E-state index in [-0.39, 0.29) is 17.9 Å². The number of nitrogens with zero attached hydrogens (tertiary/aromatic N) is 1. The third-order valence-corrected chi connectivity index (χ3v) is 5.24. The predicted molar refractivity (Wildman–Crippen MR) is 103 cm³/mol. The second-order valence-corrected chi connectivity index (χ2v) is 7.49. The van der Waals surface area contributed by atoms with E-state index in [1.807, 2.05) is 76.2 Å². The first-order valence-electron chi connectivity index (χ1n) is 9.09. The zero-order valence-electron chi connectivity index (χ0n) is 15.9. The molecule has 3 rings (SSSR count). The molecule has 0 saturated heterocycles. The minimum absolute atomic E-state index is 0.0648. The highest BCUT2D eigenvalue weighted by Crippen LogP contribution is 2.33. The van der Waals surface area contributed by atoms with Gasteiger partial charge < -0.3 is 10.2 Å². The number of hydrogen-bond donors (Lipinski definition) is 1. The lowest BCUT2D eigenvalue weighted by molar-refractivity contribution is -0.132. The number of amides is 2. The Morgan fingerprint density at radius 2 is 1.81 bits per heavy atom. The Morgan fingerprint density at radius 1 is 1.15 bits per heavy atom. The summed E-state index contributed by atoms with van der Waals surface area (Å²) in [5, 5.41) is 3.05. The van der Waals surface area contributed by atoms with Gasteiger partial charge in [0.15, 0.2) is 0 Å². The van der Waals surface area contributed by atoms with Gasteiger partial charge in [-0.2, -0.15) is 0 Å². The molecule has 0 bridgehead atoms. The van der Waals surface area contributed by atoms with Gasteiger partial charge in [-0.15, -0.1) is 0 Å². The largest absolute Gasteiger partial charge is 0.350 e. The normalized spacial score (nSPS) is 19.4. The Bertz CT molecular complexity index is 844. The molecule has 136 valence electrons. The molecule has 0 radical (unpaired) electrons. The maximum atomic E-state index is 13.2. The Labute approximate surface area is 155 Å². The van der Waals surface area contributed by atoms with Crippen molar-refractivity contribution < 1.29 is 9.59 Å². The fraction of sp³-hybridized carbons (Fsp3) is 0.364. The highest BCUT2D eigenvalue weighted by atomic mass is 16.2. The summed E-state index contributed by atoms with van der Waals surface area (Å²) in [5.41, 5.74) is 2.96. The molecule has 2 aromatic rings. The van der Waals surface area contributed by atoms with Crippen molar-refractivity contribution in [2.75, 3.05) is 0 Å². The minimum atomic E-state index is -0.901. The van der Waals surface area contributed by atoms with Crippen LogP contribution in [0.4, 0.5) is 0 Å². The molecule has 0 aliphatic carbocycles. The topological polar surface area (TPSA) is 49.4 Å². The third kappa shape index (κ3) is 3.12. The molecule has 4 heteroatoms. The average molecular weight is 350 g/mol. The van der Waals surface area contributed by atoms with Crippen LogP contribution in [0.25, 0.3) is 0 Å². The SMILES string of the molecule is Cc1ccccc1CNC(=O)[C@@]1(C)Cc2ccccc2C(=O)N1C(C)C. The van der Waals surface area contributed by atoms with E-state index in [4.69, 9.17) is 0 Å². The molecule has 1 aliphatic heterocycles. The maximum absolute atomic E-state index is 13.2. The summed E-state index contributed by atoms with van der Waals surface area (Å²) >= 11 is 0. The summed E-state index contributed by atoms with van der Waals surface area (Å²) < 4.78 is 0. The second-order valence-electron chi connectivity index (χ2n) is 7.49. The number of rotatable bonds is 4. The highest BCUT2D eigenvalue weighted by Gasteiger charge is 2.47. The summed E-state index contributed by atoms with van der Waals surface area (Å²) in [6.45, 7) is 8.28. The number of aryl methyl sites for hydroxylation is 1. The van der Waals surface area contributed by atoms with Gasteiger partial charge >= 0.3 is 0 Å². The monoisotopic (exact) mass is 350 g/mol. The number of carbonyl (C=O) groups excluding carboxylic acids is 2. The fourth-order valence-corrected chi connectivity index (χ4v) is 3.86. The lowest BCUT2D eigenvalue weighted by Gasteiger charge is -2.46. The lowest BCUT2D eigenvalue weighted by atomic mass is 9.82. The molecular weight excluding hydrogens is 324 g/mol. The van der Waals surface area contributed by atoms with Gasteiger partial charge in [-0.1, -0.05) is 42.5 Å². The molecule has 26 heavy (non-hydrogen) atoms. The molecule has 0 spiro atoms. The second kappa shape index (κ2) is 6.94. The van der Waals surface area contributed by atoms with E-state index in [0.29, 0.717) is 18.5 Å². The van der Waals surface area contributed by atoms with E-state index in [2.05, 4.69) is 5.32 Å². The van der Waals surface area contributed by atoms with Crippen LogP contribution in [0, 0.1) is 6.92 Å². The van der Waals surface area contributed by atoms with Gasteiger partial charge in [0.2, 0.25) is 5.91 Å². The van der Waals surface area contributed by atoms with Gasteiger partial charge in [0.25, 0.3) is 5.91 Å². The molecular formula is C22H26N2O2. The Kier molecular flexibility index (Phi) is 4.86. The summed E-state index contributed by atoms with van der Waals surface area (Å²) in [5.74, 6) is -0.187. The summed E-state index contributed by atoms with van der Waals surface area (Å²) in [4.78, 5) is 27.9. The van der Waals surface area contributed by atoms with Crippen molar-refractivity contribution in [3.8, 4) is 0 Å². The summed E-state index contributed by atoms with van der Waals surface area (Å²) in [6, 6.07) is 15.5. The van der Waals surface area contributed by atoms with Crippen LogP contribution in [-0.4, -0.2) is 28.3 Å². The van der Waals surface area contributed by atoms with Gasteiger partial charge in [-0.05, 0) is 50.5 Å². The lowest BCUT2D eigenvalue weighted by Crippen LogP contribution is -2.64. The number of fused-ring (bicyclic) bond motifs is 1. The van der Waals surface area contributed by atoms with Gasteiger partial charge in [-0.3, -0.25) is 9.59 Å². The Morgan fingerprint density at radius 3 is 2.50 bits per heavy atom. The highest BCUT2D eigenvalue weighted by molar-refractivity contribution is 6.02. The molecule has 0 unspecified atom stereocenters. The van der Waals surface area contributed by atoms with Crippen molar-refractivity contribution in [3.05, 3.63) is 70.8 Å². The van der Waals surface area contributed by atoms with E-state index < -0.39 is 5.54 Å². The molecule has 1 heterocycles. The summed E-state index contributed by atoms with van der Waals surface area (Å²) in [7, 11) is 0. The van der Waals surface area contributed by atoms with Crippen LogP contribution in [-0.2, 0) is 17.8 Å². The van der Waals surface area contributed by atoms with E-state index in [1.165, 1.54) is 0 Å². The smallest absolute Gasteiger partial charge is 0.255 e. The van der Waals surface area contributed by atoms with E-state index in [9.17, 15) is 9.59 Å². The van der Waals surface area contributed by atoms with Gasteiger partial charge in [0.1, 0.15) is 5.54 Å². The molecule has 0 saturated carbocycles. The third-order valence-electron chi connectivity index (χ3n) is 5.24. The van der Waals surface area contributed by atoms with E-state index >= 15 is 0 Å². The van der Waals surface area contributed by atoms with Crippen molar-refractivity contribution in [1.29, 1.82) is 0 Å². The van der Waals surface area contributed by atoms with Crippen molar-refractivity contribution in [2.24, 2.45) is 0 Å². The zero-order valence-corrected chi connectivity index (χ0v) is 15.9. The quantitative estimate of drug-likeness (QED) is 0.918. The van der Waals surface area contributed by atoms with Crippen molar-refractivity contribution >= 4 is 11.8 Å². The van der Waals surface area contributed by atoms with Crippen LogP contribution in [0.3, 0.4) is 0 Å². The maximum Gasteiger partial charge on any atom is 0.255 e. The van der Waals surface area contributed by atoms with Crippen molar-refractivity contribution in [2.45, 2.75) is 52.2 Å². The molecule has 1 N–H and O–H groups in total. The molecule has 1 aliphatic rings. The van der Waals surface area contributed by atoms with Crippen LogP contribution < -0.4 is 5.32 Å². The zero-order chi connectivity index (χ0) is 18.9. The Balaban J connectivity index is 1.89. The standard InChI is InChI=1S/C22H26N2O2/c1-15(2)24-20(25)19-12-8-7-10-17(19)13-22(24,4)21(26)23-14-18-11-6-5-9-16(18)3/h5-12,15H,13-14H2,1-4H3,(H,23,26)/t22-/m1/s1. The van der Waals surface area contributed by atoms with Crippen molar-refractivity contribution in [3.63, 3.8) is 0 Å². The number of benzene rings is 2. The first-order chi connectivity index (χ1) is 12.3. The van der Waals surface area contributed by atoms with Crippen LogP contribution in [0.5, 0.6) is 0 Å². The number of carbonyl (C=O) groups is 2. The Hall–Kier alpha value is -2.62. The van der Waals surface area contributed by atoms with Crippen LogP contribution >= 0.6 is 0 Å². The first-order valence-corrected chi connectivity index (χ1v) is 9.09. The fourth-order valence-electron chi connectivity index (χ4n) is 3.86. The van der Waals surface area contributed by atoms with Crippen LogP contribution in [0.15, 0.2) is 48.5 Å². The minimum Gasteiger partial charge on any atom is -0.350 e. The molecule has 4 nitrogen and oxygen atoms in total. The number of hydrogen-bond acceptors (Lipinski definition) is 2. The van der Waals surface area contributed by atoms with Crippen molar-refractivity contribution in [1.82, 2.24) is 10.2 Å². The first kappa shape index (κ1) is 18.2. The van der Waals surface area contributed by atoms with E-state index in [1.54, 1.807) is 4.90 Å². The average Bonchev–Trinajstić information content (AvgIpc) is 2.60. The molecule has 1 atom stereocenters. The molecule has 0 aromatic heterocycles. The van der Waals surface area contributed by atoms with Gasteiger partial charge in [-0.25, -0.2) is 0 Å². The predicted octanol–water partition coefficient (Wildman–Crippen LogP) is 3.48.